The SMILES string of the molecule is CC(=NNC(=O)CSc1nc2ccccc2c(=O)n1-c1ccccc1)c1cccnc1. The Labute approximate surface area is 182 Å². The molecule has 0 saturated carbocycles. The van der Waals surface area contributed by atoms with E-state index in [4.69, 9.17) is 0 Å². The van der Waals surface area contributed by atoms with E-state index in [0.29, 0.717) is 27.5 Å². The van der Waals surface area contributed by atoms with E-state index in [9.17, 15) is 9.59 Å². The molecular formula is C23H19N5O2S. The quantitative estimate of drug-likeness (QED) is 0.220. The number of nitrogens with zero attached hydrogens (tertiary/aromatic N) is 4. The van der Waals surface area contributed by atoms with Crippen LogP contribution in [0.4, 0.5) is 0 Å². The number of hydrogen-bond donors (Lipinski definition) is 1. The molecule has 4 aromatic rings. The molecule has 0 radical (unpaired) electrons. The molecule has 2 aromatic carbocycles. The van der Waals surface area contributed by atoms with Gasteiger partial charge in [0.15, 0.2) is 5.16 Å². The minimum absolute atomic E-state index is 0.0570. The molecule has 7 nitrogen and oxygen atoms in total. The van der Waals surface area contributed by atoms with E-state index < -0.39 is 0 Å². The van der Waals surface area contributed by atoms with Gasteiger partial charge in [-0.3, -0.25) is 19.1 Å². The number of hydrogen-bond acceptors (Lipinski definition) is 6. The molecule has 31 heavy (non-hydrogen) atoms. The molecule has 154 valence electrons. The highest BCUT2D eigenvalue weighted by molar-refractivity contribution is 7.99. The van der Waals surface area contributed by atoms with Gasteiger partial charge in [0.05, 0.1) is 28.1 Å². The fraction of sp³-hybridized carbons (Fsp3) is 0.0870. The fourth-order valence-corrected chi connectivity index (χ4v) is 3.77. The summed E-state index contributed by atoms with van der Waals surface area (Å²) in [6, 6.07) is 20.1. The van der Waals surface area contributed by atoms with Crippen molar-refractivity contribution in [3.63, 3.8) is 0 Å². The summed E-state index contributed by atoms with van der Waals surface area (Å²) in [7, 11) is 0. The molecule has 1 amide bonds. The van der Waals surface area contributed by atoms with Crippen LogP contribution in [0.15, 0.2) is 94.2 Å². The fourth-order valence-electron chi connectivity index (χ4n) is 2.96. The minimum Gasteiger partial charge on any atom is -0.272 e. The summed E-state index contributed by atoms with van der Waals surface area (Å²) < 4.78 is 1.53. The Morgan fingerprint density at radius 3 is 2.61 bits per heavy atom. The van der Waals surface area contributed by atoms with Gasteiger partial charge in [0.1, 0.15) is 0 Å². The molecule has 0 atom stereocenters. The van der Waals surface area contributed by atoms with Crippen molar-refractivity contribution in [2.75, 3.05) is 5.75 Å². The minimum atomic E-state index is -0.296. The molecule has 2 aromatic heterocycles. The van der Waals surface area contributed by atoms with Crippen molar-refractivity contribution < 1.29 is 4.79 Å². The van der Waals surface area contributed by atoms with Crippen LogP contribution < -0.4 is 11.0 Å². The maximum Gasteiger partial charge on any atom is 0.266 e. The first kappa shape index (κ1) is 20.5. The van der Waals surface area contributed by atoms with Crippen LogP contribution in [0.3, 0.4) is 0 Å². The number of carbonyl (C=O) groups is 1. The number of amides is 1. The highest BCUT2D eigenvalue weighted by Gasteiger charge is 2.14. The van der Waals surface area contributed by atoms with Gasteiger partial charge < -0.3 is 0 Å². The monoisotopic (exact) mass is 429 g/mol. The van der Waals surface area contributed by atoms with Crippen LogP contribution in [0.2, 0.25) is 0 Å². The Hall–Kier alpha value is -3.78. The summed E-state index contributed by atoms with van der Waals surface area (Å²) in [6.45, 7) is 1.79. The summed E-state index contributed by atoms with van der Waals surface area (Å²) in [6.07, 6.45) is 3.35. The normalized spacial score (nSPS) is 11.5. The van der Waals surface area contributed by atoms with E-state index in [1.54, 1.807) is 37.5 Å². The van der Waals surface area contributed by atoms with E-state index in [2.05, 4.69) is 20.5 Å². The van der Waals surface area contributed by atoms with Gasteiger partial charge in [0.25, 0.3) is 11.5 Å². The third-order valence-electron chi connectivity index (χ3n) is 4.52. The van der Waals surface area contributed by atoms with E-state index in [0.717, 1.165) is 5.56 Å². The van der Waals surface area contributed by atoms with Crippen LogP contribution in [-0.4, -0.2) is 31.9 Å². The van der Waals surface area contributed by atoms with Crippen molar-refractivity contribution in [3.05, 3.63) is 95.0 Å². The first-order valence-electron chi connectivity index (χ1n) is 9.57. The van der Waals surface area contributed by atoms with Crippen molar-refractivity contribution in [3.8, 4) is 5.69 Å². The lowest BCUT2D eigenvalue weighted by Crippen LogP contribution is -2.24. The van der Waals surface area contributed by atoms with E-state index in [1.165, 1.54) is 16.3 Å². The van der Waals surface area contributed by atoms with Gasteiger partial charge in [-0.05, 0) is 37.3 Å². The first-order chi connectivity index (χ1) is 15.1. The predicted octanol–water partition coefficient (Wildman–Crippen LogP) is 3.41. The van der Waals surface area contributed by atoms with E-state index >= 15 is 0 Å². The molecule has 0 unspecified atom stereocenters. The number of carbonyl (C=O) groups excluding carboxylic acids is 1. The van der Waals surface area contributed by atoms with Crippen molar-refractivity contribution >= 4 is 34.3 Å². The molecule has 0 spiro atoms. The summed E-state index contributed by atoms with van der Waals surface area (Å²) in [5.41, 5.74) is 5.13. The van der Waals surface area contributed by atoms with Crippen LogP contribution in [0.25, 0.3) is 16.6 Å². The second-order valence-corrected chi connectivity index (χ2v) is 7.59. The Morgan fingerprint density at radius 2 is 1.84 bits per heavy atom. The smallest absolute Gasteiger partial charge is 0.266 e. The number of pyridine rings is 1. The number of hydrazone groups is 1. The number of aromatic nitrogens is 3. The summed E-state index contributed by atoms with van der Waals surface area (Å²) >= 11 is 1.18. The number of thioether (sulfide) groups is 1. The summed E-state index contributed by atoms with van der Waals surface area (Å²) in [5.74, 6) is -0.239. The van der Waals surface area contributed by atoms with Crippen LogP contribution in [0.1, 0.15) is 12.5 Å². The van der Waals surface area contributed by atoms with Gasteiger partial charge in [0.2, 0.25) is 0 Å². The van der Waals surface area contributed by atoms with Crippen LogP contribution >= 0.6 is 11.8 Å². The van der Waals surface area contributed by atoms with Crippen molar-refractivity contribution in [1.82, 2.24) is 20.0 Å². The van der Waals surface area contributed by atoms with Crippen LogP contribution in [0.5, 0.6) is 0 Å². The van der Waals surface area contributed by atoms with Gasteiger partial charge in [0, 0.05) is 18.0 Å². The number of fused-ring (bicyclic) bond motifs is 1. The number of benzene rings is 2. The second kappa shape index (κ2) is 9.36. The van der Waals surface area contributed by atoms with Crippen molar-refractivity contribution in [2.24, 2.45) is 5.10 Å². The lowest BCUT2D eigenvalue weighted by atomic mass is 10.2. The zero-order valence-electron chi connectivity index (χ0n) is 16.7. The second-order valence-electron chi connectivity index (χ2n) is 6.65. The lowest BCUT2D eigenvalue weighted by Gasteiger charge is -2.12. The van der Waals surface area contributed by atoms with Gasteiger partial charge in [-0.25, -0.2) is 10.4 Å². The van der Waals surface area contributed by atoms with Crippen molar-refractivity contribution in [1.29, 1.82) is 0 Å². The number of rotatable bonds is 6. The molecule has 8 heteroatoms. The predicted molar refractivity (Wildman–Crippen MR) is 123 cm³/mol. The van der Waals surface area contributed by atoms with Gasteiger partial charge in [-0.15, -0.1) is 0 Å². The molecule has 1 N–H and O–H groups in total. The lowest BCUT2D eigenvalue weighted by molar-refractivity contribution is -0.118. The van der Waals surface area contributed by atoms with Gasteiger partial charge in [-0.1, -0.05) is 48.2 Å². The third kappa shape index (κ3) is 4.70. The van der Waals surface area contributed by atoms with E-state index in [1.807, 2.05) is 48.5 Å². The van der Waals surface area contributed by atoms with Crippen LogP contribution in [-0.2, 0) is 4.79 Å². The Bertz CT molecular complexity index is 1300. The molecule has 4 rings (SSSR count). The summed E-state index contributed by atoms with van der Waals surface area (Å²) in [5, 5.41) is 5.10. The maximum atomic E-state index is 13.1. The third-order valence-corrected chi connectivity index (χ3v) is 5.46. The Balaban J connectivity index is 1.58. The molecule has 0 aliphatic carbocycles. The number of para-hydroxylation sites is 2. The molecule has 0 saturated heterocycles. The highest BCUT2D eigenvalue weighted by Crippen LogP contribution is 2.21. The standard InChI is InChI=1S/C23H19N5O2S/c1-16(17-8-7-13-24-14-17)26-27-21(29)15-31-23-25-20-12-6-5-11-19(20)22(30)28(23)18-9-3-2-4-10-18/h2-14H,15H2,1H3,(H,27,29). The molecule has 0 aliphatic heterocycles. The van der Waals surface area contributed by atoms with Crippen LogP contribution in [0, 0.1) is 0 Å². The van der Waals surface area contributed by atoms with Gasteiger partial charge >= 0.3 is 0 Å². The Morgan fingerprint density at radius 1 is 1.06 bits per heavy atom. The van der Waals surface area contributed by atoms with E-state index in [-0.39, 0.29) is 17.2 Å². The first-order valence-corrected chi connectivity index (χ1v) is 10.6. The highest BCUT2D eigenvalue weighted by atomic mass is 32.2. The molecular weight excluding hydrogens is 410 g/mol. The molecule has 0 fully saturated rings. The summed E-state index contributed by atoms with van der Waals surface area (Å²) in [4.78, 5) is 34.2. The van der Waals surface area contributed by atoms with Crippen molar-refractivity contribution in [2.45, 2.75) is 12.1 Å². The largest absolute Gasteiger partial charge is 0.272 e. The Kier molecular flexibility index (Phi) is 6.18. The topological polar surface area (TPSA) is 89.2 Å². The molecule has 0 aliphatic rings. The zero-order chi connectivity index (χ0) is 21.6. The number of nitrogens with one attached hydrogen (secondary N) is 1. The molecule has 2 heterocycles. The zero-order valence-corrected chi connectivity index (χ0v) is 17.5. The average Bonchev–Trinajstić information content (AvgIpc) is 2.82. The average molecular weight is 430 g/mol. The molecule has 0 bridgehead atoms. The van der Waals surface area contributed by atoms with Gasteiger partial charge in [-0.2, -0.15) is 5.10 Å². The maximum absolute atomic E-state index is 13.1.